The molecular formula is C19H19NO7. The van der Waals surface area contributed by atoms with Crippen molar-refractivity contribution < 1.29 is 33.7 Å². The Kier molecular flexibility index (Phi) is 5.18. The molecule has 3 rings (SSSR count). The van der Waals surface area contributed by atoms with E-state index in [2.05, 4.69) is 0 Å². The SMILES string of the molecule is COCCN1C(=O)C(O)=C(C(=O)c2ccco2)C1c1ccc(OC)c(O)c1. The standard InChI is InChI=1S/C19H19NO7/c1-25-9-7-20-16(11-5-6-13(26-2)12(21)10-11)15(18(23)19(20)24)17(22)14-4-3-8-27-14/h3-6,8,10,16,21,23H,7,9H2,1-2H3. The van der Waals surface area contributed by atoms with Gasteiger partial charge in [0.25, 0.3) is 5.91 Å². The molecule has 2 aromatic rings. The van der Waals surface area contributed by atoms with Gasteiger partial charge < -0.3 is 29.0 Å². The molecule has 1 aliphatic rings. The minimum atomic E-state index is -0.901. The largest absolute Gasteiger partial charge is 0.504 e. The Balaban J connectivity index is 2.09. The summed E-state index contributed by atoms with van der Waals surface area (Å²) in [6, 6.07) is 6.62. The van der Waals surface area contributed by atoms with Gasteiger partial charge in [-0.05, 0) is 29.8 Å². The van der Waals surface area contributed by atoms with Gasteiger partial charge in [0.05, 0.1) is 31.6 Å². The molecule has 2 N–H and O–H groups in total. The second-order valence-corrected chi connectivity index (χ2v) is 5.89. The molecule has 8 nitrogen and oxygen atoms in total. The summed E-state index contributed by atoms with van der Waals surface area (Å²) < 4.78 is 15.2. The lowest BCUT2D eigenvalue weighted by molar-refractivity contribution is -0.130. The first-order chi connectivity index (χ1) is 13.0. The van der Waals surface area contributed by atoms with Gasteiger partial charge in [0.15, 0.2) is 23.0 Å². The molecule has 142 valence electrons. The molecule has 2 heterocycles. The smallest absolute Gasteiger partial charge is 0.290 e. The third-order valence-electron chi connectivity index (χ3n) is 4.35. The summed E-state index contributed by atoms with van der Waals surface area (Å²) in [5.74, 6) is -1.84. The number of methoxy groups -OCH3 is 2. The fraction of sp³-hybridized carbons (Fsp3) is 0.263. The number of hydrogen-bond donors (Lipinski definition) is 2. The second-order valence-electron chi connectivity index (χ2n) is 5.89. The van der Waals surface area contributed by atoms with Gasteiger partial charge >= 0.3 is 0 Å². The van der Waals surface area contributed by atoms with Crippen LogP contribution in [0.3, 0.4) is 0 Å². The summed E-state index contributed by atoms with van der Waals surface area (Å²) in [5.41, 5.74) is 0.326. The summed E-state index contributed by atoms with van der Waals surface area (Å²) in [6.45, 7) is 0.353. The molecule has 0 radical (unpaired) electrons. The van der Waals surface area contributed by atoms with Crippen LogP contribution in [0.1, 0.15) is 22.2 Å². The number of ketones is 1. The van der Waals surface area contributed by atoms with Crippen LogP contribution < -0.4 is 4.74 Å². The monoisotopic (exact) mass is 373 g/mol. The molecule has 1 unspecified atom stereocenters. The van der Waals surface area contributed by atoms with E-state index in [4.69, 9.17) is 13.9 Å². The van der Waals surface area contributed by atoms with Gasteiger partial charge in [-0.3, -0.25) is 9.59 Å². The van der Waals surface area contributed by atoms with Gasteiger partial charge in [-0.25, -0.2) is 0 Å². The molecule has 0 aliphatic carbocycles. The summed E-state index contributed by atoms with van der Waals surface area (Å²) >= 11 is 0. The minimum absolute atomic E-state index is 0.000625. The number of aromatic hydroxyl groups is 1. The lowest BCUT2D eigenvalue weighted by Crippen LogP contribution is -2.34. The average Bonchev–Trinajstić information content (AvgIpc) is 3.28. The number of furan rings is 1. The van der Waals surface area contributed by atoms with E-state index >= 15 is 0 Å². The first-order valence-corrected chi connectivity index (χ1v) is 8.17. The van der Waals surface area contributed by atoms with Gasteiger partial charge in [-0.1, -0.05) is 6.07 Å². The van der Waals surface area contributed by atoms with Crippen LogP contribution in [-0.4, -0.2) is 54.2 Å². The molecular weight excluding hydrogens is 354 g/mol. The number of phenols is 1. The summed E-state index contributed by atoms with van der Waals surface area (Å²) in [5, 5.41) is 20.5. The molecule has 0 spiro atoms. The quantitative estimate of drug-likeness (QED) is 0.716. The van der Waals surface area contributed by atoms with Crippen molar-refractivity contribution in [3.05, 3.63) is 59.3 Å². The predicted molar refractivity (Wildman–Crippen MR) is 93.7 cm³/mol. The Labute approximate surface area is 155 Å². The van der Waals surface area contributed by atoms with E-state index < -0.39 is 23.5 Å². The van der Waals surface area contributed by atoms with Crippen molar-refractivity contribution in [1.82, 2.24) is 4.90 Å². The lowest BCUT2D eigenvalue weighted by atomic mass is 9.95. The maximum Gasteiger partial charge on any atom is 0.290 e. The van der Waals surface area contributed by atoms with E-state index in [1.54, 1.807) is 12.1 Å². The Hall–Kier alpha value is -3.26. The van der Waals surface area contributed by atoms with Crippen LogP contribution in [0.4, 0.5) is 0 Å². The molecule has 27 heavy (non-hydrogen) atoms. The predicted octanol–water partition coefficient (Wildman–Crippen LogP) is 2.22. The number of phenolic OH excluding ortho intramolecular Hbond substituents is 1. The molecule has 1 aliphatic heterocycles. The number of amides is 1. The van der Waals surface area contributed by atoms with E-state index in [0.717, 1.165) is 0 Å². The van der Waals surface area contributed by atoms with Crippen molar-refractivity contribution in [3.8, 4) is 11.5 Å². The van der Waals surface area contributed by atoms with Crippen LogP contribution in [0.25, 0.3) is 0 Å². The topological polar surface area (TPSA) is 109 Å². The molecule has 1 atom stereocenters. The number of ether oxygens (including phenoxy) is 2. The van der Waals surface area contributed by atoms with Gasteiger partial charge in [0.2, 0.25) is 5.78 Å². The van der Waals surface area contributed by atoms with Gasteiger partial charge in [0, 0.05) is 13.7 Å². The van der Waals surface area contributed by atoms with E-state index in [-0.39, 0.29) is 36.0 Å². The van der Waals surface area contributed by atoms with Gasteiger partial charge in [0.1, 0.15) is 0 Å². The van der Waals surface area contributed by atoms with Gasteiger partial charge in [-0.15, -0.1) is 0 Å². The van der Waals surface area contributed by atoms with Crippen molar-refractivity contribution in [2.24, 2.45) is 0 Å². The molecule has 1 aromatic carbocycles. The number of hydrogen-bond acceptors (Lipinski definition) is 7. The number of nitrogens with zero attached hydrogens (tertiary/aromatic N) is 1. The summed E-state index contributed by atoms with van der Waals surface area (Å²) in [6.07, 6.45) is 1.33. The molecule has 0 saturated carbocycles. The number of Topliss-reactive ketones (excluding diaryl/α,β-unsaturated/α-hetero) is 1. The van der Waals surface area contributed by atoms with E-state index in [1.165, 1.54) is 43.6 Å². The third-order valence-corrected chi connectivity index (χ3v) is 4.35. The van der Waals surface area contributed by atoms with Crippen LogP contribution in [0.15, 0.2) is 52.3 Å². The number of rotatable bonds is 7. The van der Waals surface area contributed by atoms with Crippen LogP contribution in [0, 0.1) is 0 Å². The molecule has 0 fully saturated rings. The number of benzene rings is 1. The Morgan fingerprint density at radius 3 is 2.63 bits per heavy atom. The molecule has 1 aromatic heterocycles. The van der Waals surface area contributed by atoms with Crippen LogP contribution in [0.5, 0.6) is 11.5 Å². The van der Waals surface area contributed by atoms with Crippen molar-refractivity contribution in [3.63, 3.8) is 0 Å². The first-order valence-electron chi connectivity index (χ1n) is 8.17. The zero-order chi connectivity index (χ0) is 19.6. The lowest BCUT2D eigenvalue weighted by Gasteiger charge is -2.26. The normalized spacial score (nSPS) is 16.9. The highest BCUT2D eigenvalue weighted by Crippen LogP contribution is 2.41. The summed E-state index contributed by atoms with van der Waals surface area (Å²) in [7, 11) is 2.90. The van der Waals surface area contributed by atoms with E-state index in [1.807, 2.05) is 0 Å². The fourth-order valence-electron chi connectivity index (χ4n) is 3.07. The number of carbonyl (C=O) groups is 2. The van der Waals surface area contributed by atoms with Crippen molar-refractivity contribution in [2.45, 2.75) is 6.04 Å². The molecule has 0 bridgehead atoms. The van der Waals surface area contributed by atoms with Crippen molar-refractivity contribution in [1.29, 1.82) is 0 Å². The van der Waals surface area contributed by atoms with Crippen molar-refractivity contribution in [2.75, 3.05) is 27.4 Å². The molecule has 1 amide bonds. The summed E-state index contributed by atoms with van der Waals surface area (Å²) in [4.78, 5) is 26.8. The fourth-order valence-corrected chi connectivity index (χ4v) is 3.07. The van der Waals surface area contributed by atoms with Crippen molar-refractivity contribution >= 4 is 11.7 Å². The Bertz CT molecular complexity index is 885. The minimum Gasteiger partial charge on any atom is -0.504 e. The van der Waals surface area contributed by atoms with E-state index in [0.29, 0.717) is 5.56 Å². The highest BCUT2D eigenvalue weighted by molar-refractivity contribution is 6.15. The zero-order valence-electron chi connectivity index (χ0n) is 14.8. The molecule has 0 saturated heterocycles. The zero-order valence-corrected chi connectivity index (χ0v) is 14.8. The number of aliphatic hydroxyl groups excluding tert-OH is 1. The highest BCUT2D eigenvalue weighted by Gasteiger charge is 2.44. The van der Waals surface area contributed by atoms with Gasteiger partial charge in [-0.2, -0.15) is 0 Å². The number of carbonyl (C=O) groups excluding carboxylic acids is 2. The third kappa shape index (κ3) is 3.26. The second kappa shape index (κ2) is 7.55. The average molecular weight is 373 g/mol. The van der Waals surface area contributed by atoms with Crippen LogP contribution in [0.2, 0.25) is 0 Å². The first kappa shape index (κ1) is 18.5. The van der Waals surface area contributed by atoms with E-state index in [9.17, 15) is 19.8 Å². The Morgan fingerprint density at radius 1 is 1.26 bits per heavy atom. The Morgan fingerprint density at radius 2 is 2.04 bits per heavy atom. The van der Waals surface area contributed by atoms with Crippen LogP contribution in [-0.2, 0) is 9.53 Å². The highest BCUT2D eigenvalue weighted by atomic mass is 16.5. The number of aliphatic hydroxyl groups is 1. The van der Waals surface area contributed by atoms with Crippen LogP contribution >= 0.6 is 0 Å². The maximum absolute atomic E-state index is 12.9. The maximum atomic E-state index is 12.9. The molecule has 8 heteroatoms.